The van der Waals surface area contributed by atoms with Gasteiger partial charge in [-0.1, -0.05) is 36.8 Å². The molecule has 1 heterocycles. The first-order valence-corrected chi connectivity index (χ1v) is 8.57. The molecule has 1 amide bonds. The normalized spacial score (nSPS) is 20.8. The van der Waals surface area contributed by atoms with Crippen LogP contribution in [0.3, 0.4) is 0 Å². The Hall–Kier alpha value is -2.33. The Bertz CT molecular complexity index is 899. The van der Waals surface area contributed by atoms with E-state index in [4.69, 9.17) is 0 Å². The lowest BCUT2D eigenvalue weighted by Gasteiger charge is -2.22. The number of hydrogen-bond acceptors (Lipinski definition) is 2. The summed E-state index contributed by atoms with van der Waals surface area (Å²) in [5.41, 5.74) is 1.59. The zero-order valence-electron chi connectivity index (χ0n) is 13.8. The lowest BCUT2D eigenvalue weighted by molar-refractivity contribution is 0.0689. The monoisotopic (exact) mass is 322 g/mol. The first-order chi connectivity index (χ1) is 11.6. The van der Waals surface area contributed by atoms with Crippen LogP contribution in [-0.2, 0) is 0 Å². The molecule has 0 spiro atoms. The van der Waals surface area contributed by atoms with Gasteiger partial charge in [0.15, 0.2) is 0 Å². The van der Waals surface area contributed by atoms with Crippen molar-refractivity contribution in [2.75, 3.05) is 13.6 Å². The lowest BCUT2D eigenvalue weighted by Crippen LogP contribution is -2.34. The van der Waals surface area contributed by atoms with Crippen molar-refractivity contribution in [3.8, 4) is 0 Å². The first kappa shape index (κ1) is 15.2. The van der Waals surface area contributed by atoms with Crippen LogP contribution in [0.1, 0.15) is 29.8 Å². The van der Waals surface area contributed by atoms with E-state index in [1.807, 2.05) is 31.3 Å². The van der Waals surface area contributed by atoms with Gasteiger partial charge >= 0.3 is 0 Å². The topological polar surface area (TPSA) is 56.3 Å². The van der Waals surface area contributed by atoms with Crippen molar-refractivity contribution in [2.24, 2.45) is 5.92 Å². The van der Waals surface area contributed by atoms with E-state index in [1.165, 1.54) is 5.39 Å². The summed E-state index contributed by atoms with van der Waals surface area (Å²) in [6.07, 6.45) is 2.62. The summed E-state index contributed by atoms with van der Waals surface area (Å²) >= 11 is 0. The number of benzene rings is 2. The molecule has 2 unspecified atom stereocenters. The molecule has 0 bridgehead atoms. The van der Waals surface area contributed by atoms with Crippen molar-refractivity contribution in [3.63, 3.8) is 0 Å². The molecule has 2 aromatic carbocycles. The highest BCUT2D eigenvalue weighted by Crippen LogP contribution is 2.28. The van der Waals surface area contributed by atoms with Crippen LogP contribution >= 0.6 is 0 Å². The molecule has 124 valence electrons. The Balaban J connectivity index is 1.63. The number of hydrogen-bond donors (Lipinski definition) is 2. The van der Waals surface area contributed by atoms with Crippen LogP contribution in [0, 0.1) is 5.92 Å². The van der Waals surface area contributed by atoms with Gasteiger partial charge in [0.25, 0.3) is 5.91 Å². The number of rotatable bonds is 3. The van der Waals surface area contributed by atoms with E-state index < -0.39 is 0 Å². The number of nitrogens with one attached hydrogen (secondary N) is 1. The average molecular weight is 322 g/mol. The molecule has 3 aromatic rings. The zero-order chi connectivity index (χ0) is 16.7. The molecular weight excluding hydrogens is 300 g/mol. The molecule has 1 aromatic heterocycles. The highest BCUT2D eigenvalue weighted by Gasteiger charge is 2.28. The number of carbonyl (C=O) groups excluding carboxylic acids is 1. The molecule has 0 radical (unpaired) electrons. The van der Waals surface area contributed by atoms with Gasteiger partial charge in [-0.25, -0.2) is 0 Å². The van der Waals surface area contributed by atoms with Crippen molar-refractivity contribution < 1.29 is 9.90 Å². The third-order valence-corrected chi connectivity index (χ3v) is 5.23. The number of aromatic amines is 1. The molecule has 4 rings (SSSR count). The smallest absolute Gasteiger partial charge is 0.270 e. The maximum Gasteiger partial charge on any atom is 0.270 e. The van der Waals surface area contributed by atoms with Crippen molar-refractivity contribution in [3.05, 3.63) is 48.2 Å². The number of fused-ring (bicyclic) bond motifs is 3. The Kier molecular flexibility index (Phi) is 3.77. The summed E-state index contributed by atoms with van der Waals surface area (Å²) < 4.78 is 0. The van der Waals surface area contributed by atoms with Crippen LogP contribution in [0.4, 0.5) is 0 Å². The number of aromatic nitrogens is 1. The molecule has 0 aliphatic heterocycles. The molecule has 2 N–H and O–H groups in total. The molecule has 24 heavy (non-hydrogen) atoms. The fraction of sp³-hybridized carbons (Fsp3) is 0.350. The van der Waals surface area contributed by atoms with Gasteiger partial charge < -0.3 is 15.0 Å². The summed E-state index contributed by atoms with van der Waals surface area (Å²) in [5.74, 6) is 0.179. The maximum atomic E-state index is 12.8. The summed E-state index contributed by atoms with van der Waals surface area (Å²) in [5, 5.41) is 13.4. The highest BCUT2D eigenvalue weighted by atomic mass is 16.3. The van der Waals surface area contributed by atoms with E-state index >= 15 is 0 Å². The van der Waals surface area contributed by atoms with Crippen LogP contribution in [0.2, 0.25) is 0 Å². The predicted octanol–water partition coefficient (Wildman–Crippen LogP) is 3.55. The number of aliphatic hydroxyl groups is 1. The predicted molar refractivity (Wildman–Crippen MR) is 96.1 cm³/mol. The fourth-order valence-electron chi connectivity index (χ4n) is 3.87. The summed E-state index contributed by atoms with van der Waals surface area (Å²) in [4.78, 5) is 17.7. The van der Waals surface area contributed by atoms with Crippen molar-refractivity contribution >= 4 is 27.6 Å². The molecule has 0 saturated heterocycles. The third kappa shape index (κ3) is 2.57. The number of amides is 1. The van der Waals surface area contributed by atoms with Crippen LogP contribution in [-0.4, -0.2) is 40.6 Å². The highest BCUT2D eigenvalue weighted by molar-refractivity contribution is 6.09. The van der Waals surface area contributed by atoms with Crippen LogP contribution in [0.15, 0.2) is 42.5 Å². The summed E-state index contributed by atoms with van der Waals surface area (Å²) in [6.45, 7) is 0.607. The van der Waals surface area contributed by atoms with Crippen molar-refractivity contribution in [2.45, 2.75) is 25.4 Å². The van der Waals surface area contributed by atoms with Gasteiger partial charge in [-0.15, -0.1) is 0 Å². The summed E-state index contributed by atoms with van der Waals surface area (Å²) in [7, 11) is 1.82. The van der Waals surface area contributed by atoms with Gasteiger partial charge in [0.05, 0.1) is 6.10 Å². The van der Waals surface area contributed by atoms with E-state index in [2.05, 4.69) is 23.2 Å². The molecule has 1 saturated carbocycles. The number of H-pyrrole nitrogens is 1. The van der Waals surface area contributed by atoms with E-state index in [1.54, 1.807) is 4.90 Å². The Morgan fingerprint density at radius 3 is 2.83 bits per heavy atom. The zero-order valence-corrected chi connectivity index (χ0v) is 13.8. The van der Waals surface area contributed by atoms with E-state index in [9.17, 15) is 9.90 Å². The van der Waals surface area contributed by atoms with Crippen LogP contribution < -0.4 is 0 Å². The Morgan fingerprint density at radius 1 is 1.21 bits per heavy atom. The molecule has 4 heteroatoms. The number of aliphatic hydroxyl groups excluding tert-OH is 1. The lowest BCUT2D eigenvalue weighted by atomic mass is 10.1. The standard InChI is InChI=1S/C20H22N2O2/c1-22(12-14-6-4-8-19(14)23)20(24)18-11-16-15-7-3-2-5-13(15)9-10-17(16)21-18/h2-3,5,7,9-11,14,19,21,23H,4,6,8,12H2,1H3. The van der Waals surface area contributed by atoms with Gasteiger partial charge in [-0.05, 0) is 35.7 Å². The second kappa shape index (κ2) is 5.95. The summed E-state index contributed by atoms with van der Waals surface area (Å²) in [6, 6.07) is 14.2. The Morgan fingerprint density at radius 2 is 2.04 bits per heavy atom. The SMILES string of the molecule is CN(CC1CCCC1O)C(=O)c1cc2c(ccc3ccccc32)[nH]1. The van der Waals surface area contributed by atoms with Gasteiger partial charge in [-0.3, -0.25) is 4.79 Å². The number of nitrogens with zero attached hydrogens (tertiary/aromatic N) is 1. The van der Waals surface area contributed by atoms with Gasteiger partial charge in [-0.2, -0.15) is 0 Å². The maximum absolute atomic E-state index is 12.8. The minimum Gasteiger partial charge on any atom is -0.393 e. The van der Waals surface area contributed by atoms with E-state index in [0.29, 0.717) is 12.2 Å². The molecule has 1 fully saturated rings. The van der Waals surface area contributed by atoms with Crippen molar-refractivity contribution in [1.82, 2.24) is 9.88 Å². The molecule has 4 nitrogen and oxygen atoms in total. The second-order valence-corrected chi connectivity index (χ2v) is 6.87. The average Bonchev–Trinajstić information content (AvgIpc) is 3.20. The molecule has 2 atom stereocenters. The molecular formula is C20H22N2O2. The van der Waals surface area contributed by atoms with Crippen LogP contribution in [0.5, 0.6) is 0 Å². The second-order valence-electron chi connectivity index (χ2n) is 6.87. The van der Waals surface area contributed by atoms with Crippen LogP contribution in [0.25, 0.3) is 21.7 Å². The minimum atomic E-state index is -0.271. The quantitative estimate of drug-likeness (QED) is 0.775. The largest absolute Gasteiger partial charge is 0.393 e. The third-order valence-electron chi connectivity index (χ3n) is 5.23. The van der Waals surface area contributed by atoms with Gasteiger partial charge in [0.2, 0.25) is 0 Å². The minimum absolute atomic E-state index is 0.0191. The van der Waals surface area contributed by atoms with E-state index in [0.717, 1.165) is 35.6 Å². The Labute approximate surface area is 141 Å². The van der Waals surface area contributed by atoms with Crippen molar-refractivity contribution in [1.29, 1.82) is 0 Å². The number of carbonyl (C=O) groups is 1. The first-order valence-electron chi connectivity index (χ1n) is 8.57. The van der Waals surface area contributed by atoms with Gasteiger partial charge in [0, 0.05) is 30.4 Å². The molecule has 1 aliphatic carbocycles. The van der Waals surface area contributed by atoms with E-state index in [-0.39, 0.29) is 17.9 Å². The van der Waals surface area contributed by atoms with Gasteiger partial charge in [0.1, 0.15) is 5.69 Å². The fourth-order valence-corrected chi connectivity index (χ4v) is 3.87. The molecule has 1 aliphatic rings.